The van der Waals surface area contributed by atoms with Gasteiger partial charge in [-0.25, -0.2) is 9.78 Å². The van der Waals surface area contributed by atoms with E-state index >= 15 is 0 Å². The molecule has 0 atom stereocenters. The van der Waals surface area contributed by atoms with Gasteiger partial charge in [-0.15, -0.1) is 11.3 Å². The van der Waals surface area contributed by atoms with Crippen molar-refractivity contribution in [2.75, 3.05) is 59.3 Å². The first-order valence-corrected chi connectivity index (χ1v) is 13.4. The first-order valence-electron chi connectivity index (χ1n) is 11.0. The Bertz CT molecular complexity index is 1200. The Morgan fingerprint density at radius 2 is 1.97 bits per heavy atom. The first-order chi connectivity index (χ1) is 16.6. The zero-order chi connectivity index (χ0) is 23.5. The van der Waals surface area contributed by atoms with Crippen molar-refractivity contribution >= 4 is 68.1 Å². The second-order valence-corrected chi connectivity index (χ2v) is 9.59. The van der Waals surface area contributed by atoms with Crippen LogP contribution in [0.25, 0.3) is 0 Å². The number of carbonyl (C=O) groups excluding carboxylic acids is 2. The predicted molar refractivity (Wildman–Crippen MR) is 144 cm³/mol. The highest BCUT2D eigenvalue weighted by molar-refractivity contribution is 14.1. The summed E-state index contributed by atoms with van der Waals surface area (Å²) in [7, 11) is 0. The van der Waals surface area contributed by atoms with E-state index in [9.17, 15) is 9.59 Å². The Morgan fingerprint density at radius 3 is 2.79 bits per heavy atom. The van der Waals surface area contributed by atoms with E-state index in [1.54, 1.807) is 27.6 Å². The summed E-state index contributed by atoms with van der Waals surface area (Å²) in [5.41, 5.74) is 3.94. The summed E-state index contributed by atoms with van der Waals surface area (Å²) in [6, 6.07) is 9.80. The number of alkyl halides is 1. The molecule has 0 aliphatic carbocycles. The van der Waals surface area contributed by atoms with Gasteiger partial charge in [-0.05, 0) is 23.8 Å². The minimum Gasteiger partial charge on any atom is -0.367 e. The summed E-state index contributed by atoms with van der Waals surface area (Å²) in [6.07, 6.45) is 3.39. The number of urea groups is 1. The number of benzene rings is 1. The molecule has 0 spiro atoms. The molecule has 2 aliphatic heterocycles. The number of nitrogens with zero attached hydrogens (tertiary/aromatic N) is 5. The van der Waals surface area contributed by atoms with Crippen molar-refractivity contribution in [3.05, 3.63) is 59.4 Å². The maximum absolute atomic E-state index is 13.1. The van der Waals surface area contributed by atoms with Crippen molar-refractivity contribution in [3.63, 3.8) is 0 Å². The van der Waals surface area contributed by atoms with E-state index in [1.165, 1.54) is 16.9 Å². The molecule has 5 rings (SSSR count). The number of hydrogen-bond acceptors (Lipinski definition) is 7. The molecule has 1 aromatic carbocycles. The van der Waals surface area contributed by atoms with Gasteiger partial charge in [0, 0.05) is 61.0 Å². The normalized spacial score (nSPS) is 16.3. The fourth-order valence-corrected chi connectivity index (χ4v) is 5.40. The maximum Gasteiger partial charge on any atom is 0.330 e. The third-order valence-corrected chi connectivity index (χ3v) is 7.59. The molecule has 0 unspecified atom stereocenters. The molecule has 0 radical (unpaired) electrons. The van der Waals surface area contributed by atoms with Crippen molar-refractivity contribution < 1.29 is 9.59 Å². The van der Waals surface area contributed by atoms with Crippen LogP contribution in [-0.4, -0.2) is 61.2 Å². The second-order valence-electron chi connectivity index (χ2n) is 7.99. The van der Waals surface area contributed by atoms with Gasteiger partial charge in [0.15, 0.2) is 5.13 Å². The van der Waals surface area contributed by atoms with E-state index in [0.717, 1.165) is 42.0 Å². The minimum atomic E-state index is -0.315. The van der Waals surface area contributed by atoms with Gasteiger partial charge in [-0.1, -0.05) is 34.7 Å². The molecular weight excluding hydrogens is 565 g/mol. The number of piperazine rings is 1. The number of anilines is 4. The quantitative estimate of drug-likeness (QED) is 0.338. The Kier molecular flexibility index (Phi) is 6.92. The van der Waals surface area contributed by atoms with Crippen LogP contribution in [0.5, 0.6) is 0 Å². The van der Waals surface area contributed by atoms with Crippen molar-refractivity contribution in [3.8, 4) is 0 Å². The lowest BCUT2D eigenvalue weighted by atomic mass is 10.2. The molecule has 2 saturated heterocycles. The van der Waals surface area contributed by atoms with Crippen LogP contribution < -0.4 is 25.3 Å². The summed E-state index contributed by atoms with van der Waals surface area (Å²) in [5.74, 6) is -0.315. The number of thiazole rings is 1. The monoisotopic (exact) mass is 589 g/mol. The molecule has 2 aliphatic rings. The fraction of sp³-hybridized carbons (Fsp3) is 0.304. The average molecular weight is 589 g/mol. The summed E-state index contributed by atoms with van der Waals surface area (Å²) in [5, 5.41) is 8.50. The van der Waals surface area contributed by atoms with Crippen LogP contribution in [0.1, 0.15) is 16.1 Å². The molecule has 0 saturated carbocycles. The van der Waals surface area contributed by atoms with E-state index in [1.807, 2.05) is 24.3 Å². The molecule has 3 amide bonds. The number of pyridine rings is 1. The van der Waals surface area contributed by atoms with E-state index in [4.69, 9.17) is 0 Å². The standard InChI is InChI=1S/C23H24IN7O2S/c24-13-16-2-1-3-17(12-16)30-10-11-31(23(30)33)22-28-19(15-34-22)21(32)27-18-14-26-5-4-20(18)29-8-6-25-7-9-29/h1-5,12,14-15,25H,6-11,13H2,(H,27,32). The van der Waals surface area contributed by atoms with Crippen LogP contribution in [-0.2, 0) is 4.43 Å². The van der Waals surface area contributed by atoms with Gasteiger partial charge >= 0.3 is 6.03 Å². The zero-order valence-corrected chi connectivity index (χ0v) is 21.4. The minimum absolute atomic E-state index is 0.125. The third kappa shape index (κ3) is 4.72. The molecule has 2 aromatic heterocycles. The van der Waals surface area contributed by atoms with E-state index < -0.39 is 0 Å². The molecule has 34 heavy (non-hydrogen) atoms. The van der Waals surface area contributed by atoms with Crippen LogP contribution >= 0.6 is 33.9 Å². The smallest absolute Gasteiger partial charge is 0.330 e. The van der Waals surface area contributed by atoms with E-state index in [0.29, 0.717) is 23.9 Å². The SMILES string of the molecule is O=C(Nc1cnccc1N1CCNCC1)c1csc(N2CCN(c3cccc(CI)c3)C2=O)n1. The number of rotatable bonds is 6. The van der Waals surface area contributed by atoms with Crippen LogP contribution in [0.2, 0.25) is 0 Å². The average Bonchev–Trinajstić information content (AvgIpc) is 3.52. The lowest BCUT2D eigenvalue weighted by Crippen LogP contribution is -2.43. The van der Waals surface area contributed by atoms with Crippen LogP contribution in [0.4, 0.5) is 27.0 Å². The Morgan fingerprint density at radius 1 is 1.15 bits per heavy atom. The lowest BCUT2D eigenvalue weighted by Gasteiger charge is -2.30. The first kappa shape index (κ1) is 23.0. The van der Waals surface area contributed by atoms with Crippen molar-refractivity contribution in [1.29, 1.82) is 0 Å². The van der Waals surface area contributed by atoms with Crippen molar-refractivity contribution in [2.24, 2.45) is 0 Å². The fourth-order valence-electron chi connectivity index (χ4n) is 4.11. The van der Waals surface area contributed by atoms with Crippen LogP contribution in [0, 0.1) is 0 Å². The largest absolute Gasteiger partial charge is 0.367 e. The second kappa shape index (κ2) is 10.2. The van der Waals surface area contributed by atoms with E-state index in [2.05, 4.69) is 54.2 Å². The van der Waals surface area contributed by atoms with E-state index in [-0.39, 0.29) is 17.6 Å². The number of nitrogens with one attached hydrogen (secondary N) is 2. The highest BCUT2D eigenvalue weighted by atomic mass is 127. The maximum atomic E-state index is 13.1. The lowest BCUT2D eigenvalue weighted by molar-refractivity contribution is 0.102. The predicted octanol–water partition coefficient (Wildman–Crippen LogP) is 3.58. The van der Waals surface area contributed by atoms with Crippen molar-refractivity contribution in [1.82, 2.24) is 15.3 Å². The Hall–Kier alpha value is -2.77. The Balaban J connectivity index is 1.29. The molecule has 176 valence electrons. The molecule has 9 nitrogen and oxygen atoms in total. The van der Waals surface area contributed by atoms with Gasteiger partial charge in [0.1, 0.15) is 5.69 Å². The molecule has 2 N–H and O–H groups in total. The number of halogens is 1. The summed E-state index contributed by atoms with van der Waals surface area (Å²) in [4.78, 5) is 40.3. The van der Waals surface area contributed by atoms with Gasteiger partial charge in [0.2, 0.25) is 0 Å². The summed E-state index contributed by atoms with van der Waals surface area (Å²) < 4.78 is 0.885. The molecule has 11 heteroatoms. The van der Waals surface area contributed by atoms with Gasteiger partial charge in [0.05, 0.1) is 17.6 Å². The number of amides is 3. The molecule has 0 bridgehead atoms. The number of aromatic nitrogens is 2. The molecule has 2 fully saturated rings. The summed E-state index contributed by atoms with van der Waals surface area (Å²) >= 11 is 3.61. The number of carbonyl (C=O) groups is 2. The number of hydrogen-bond donors (Lipinski definition) is 2. The molecule has 4 heterocycles. The van der Waals surface area contributed by atoms with Gasteiger partial charge < -0.3 is 15.5 Å². The summed E-state index contributed by atoms with van der Waals surface area (Å²) in [6.45, 7) is 4.62. The third-order valence-electron chi connectivity index (χ3n) is 5.85. The molecule has 3 aromatic rings. The highest BCUT2D eigenvalue weighted by Gasteiger charge is 2.33. The molecular formula is C23H24IN7O2S. The van der Waals surface area contributed by atoms with Gasteiger partial charge in [-0.2, -0.15) is 0 Å². The topological polar surface area (TPSA) is 93.7 Å². The Labute approximate surface area is 215 Å². The van der Waals surface area contributed by atoms with Crippen molar-refractivity contribution in [2.45, 2.75) is 4.43 Å². The van der Waals surface area contributed by atoms with Crippen LogP contribution in [0.3, 0.4) is 0 Å². The van der Waals surface area contributed by atoms with Gasteiger partial charge in [0.25, 0.3) is 5.91 Å². The van der Waals surface area contributed by atoms with Crippen LogP contribution in [0.15, 0.2) is 48.1 Å². The zero-order valence-electron chi connectivity index (χ0n) is 18.4. The highest BCUT2D eigenvalue weighted by Crippen LogP contribution is 2.30. The van der Waals surface area contributed by atoms with Gasteiger partial charge in [-0.3, -0.25) is 19.6 Å².